The largest absolute Gasteiger partial charge is 0.357 e. The van der Waals surface area contributed by atoms with Crippen LogP contribution in [0.3, 0.4) is 0 Å². The van der Waals surface area contributed by atoms with Crippen LogP contribution in [0.2, 0.25) is 5.02 Å². The van der Waals surface area contributed by atoms with E-state index in [2.05, 4.69) is 4.98 Å². The third-order valence-electron chi connectivity index (χ3n) is 1.90. The van der Waals surface area contributed by atoms with E-state index >= 15 is 0 Å². The van der Waals surface area contributed by atoms with Crippen LogP contribution >= 0.6 is 34.2 Å². The van der Waals surface area contributed by atoms with Crippen molar-refractivity contribution in [3.8, 4) is 0 Å². The summed E-state index contributed by atoms with van der Waals surface area (Å²) in [4.78, 5) is 14.3. The van der Waals surface area contributed by atoms with Gasteiger partial charge in [0.05, 0.1) is 14.1 Å². The molecule has 2 rings (SSSR count). The summed E-state index contributed by atoms with van der Waals surface area (Å²) in [5, 5.41) is 0.327. The highest BCUT2D eigenvalue weighted by molar-refractivity contribution is 14.1. The molecule has 1 aromatic heterocycles. The van der Waals surface area contributed by atoms with Gasteiger partial charge in [-0.25, -0.2) is 4.39 Å². The molecule has 0 atom stereocenters. The summed E-state index contributed by atoms with van der Waals surface area (Å²) in [5.74, 6) is -0.585. The van der Waals surface area contributed by atoms with Crippen LogP contribution in [-0.4, -0.2) is 4.98 Å². The van der Waals surface area contributed by atoms with Crippen molar-refractivity contribution in [2.75, 3.05) is 0 Å². The number of benzene rings is 1. The first kappa shape index (κ1) is 9.92. The summed E-state index contributed by atoms with van der Waals surface area (Å²) in [6.45, 7) is 0. The molecule has 0 saturated heterocycles. The number of aromatic amines is 1. The lowest BCUT2D eigenvalue weighted by Gasteiger charge is -2.01. The molecule has 0 aliphatic carbocycles. The Morgan fingerprint density at radius 1 is 1.43 bits per heavy atom. The normalized spacial score (nSPS) is 10.8. The van der Waals surface area contributed by atoms with Crippen molar-refractivity contribution < 1.29 is 4.39 Å². The van der Waals surface area contributed by atoms with Gasteiger partial charge < -0.3 is 4.98 Å². The first-order valence-electron chi connectivity index (χ1n) is 3.76. The van der Waals surface area contributed by atoms with Gasteiger partial charge in [-0.1, -0.05) is 11.6 Å². The van der Waals surface area contributed by atoms with Crippen LogP contribution in [0.4, 0.5) is 4.39 Å². The number of hydrogen-bond donors (Lipinski definition) is 1. The van der Waals surface area contributed by atoms with Gasteiger partial charge in [-0.3, -0.25) is 4.79 Å². The summed E-state index contributed by atoms with van der Waals surface area (Å²) in [7, 11) is 0. The molecule has 0 amide bonds. The number of halogens is 3. The molecule has 0 saturated carbocycles. The molecule has 0 radical (unpaired) electrons. The molecule has 0 aliphatic heterocycles. The minimum Gasteiger partial charge on any atom is -0.357 e. The van der Waals surface area contributed by atoms with E-state index in [9.17, 15) is 9.18 Å². The molecular formula is C9H4ClFINO. The van der Waals surface area contributed by atoms with Crippen molar-refractivity contribution in [1.82, 2.24) is 4.98 Å². The lowest BCUT2D eigenvalue weighted by atomic mass is 10.2. The van der Waals surface area contributed by atoms with Crippen molar-refractivity contribution in [3.63, 3.8) is 0 Å². The molecule has 5 heteroatoms. The van der Waals surface area contributed by atoms with Crippen LogP contribution < -0.4 is 5.43 Å². The molecule has 14 heavy (non-hydrogen) atoms. The minimum atomic E-state index is -0.585. The molecule has 2 aromatic rings. The van der Waals surface area contributed by atoms with Crippen LogP contribution in [0.25, 0.3) is 10.9 Å². The first-order valence-corrected chi connectivity index (χ1v) is 5.22. The van der Waals surface area contributed by atoms with E-state index in [-0.39, 0.29) is 16.0 Å². The fourth-order valence-electron chi connectivity index (χ4n) is 1.21. The maximum absolute atomic E-state index is 13.4. The summed E-state index contributed by atoms with van der Waals surface area (Å²) in [6, 6.07) is 2.90. The average molecular weight is 323 g/mol. The van der Waals surface area contributed by atoms with Gasteiger partial charge in [-0.15, -0.1) is 0 Å². The van der Waals surface area contributed by atoms with Crippen molar-refractivity contribution >= 4 is 45.1 Å². The predicted molar refractivity (Wildman–Crippen MR) is 62.3 cm³/mol. The van der Waals surface area contributed by atoms with E-state index < -0.39 is 5.82 Å². The van der Waals surface area contributed by atoms with Crippen LogP contribution in [0.1, 0.15) is 0 Å². The van der Waals surface area contributed by atoms with Crippen molar-refractivity contribution in [2.24, 2.45) is 0 Å². The van der Waals surface area contributed by atoms with Gasteiger partial charge >= 0.3 is 0 Å². The average Bonchev–Trinajstić information content (AvgIpc) is 2.17. The highest BCUT2D eigenvalue weighted by Gasteiger charge is 2.09. The molecule has 2 nitrogen and oxygen atoms in total. The number of pyridine rings is 1. The Kier molecular flexibility index (Phi) is 2.48. The van der Waals surface area contributed by atoms with E-state index in [0.29, 0.717) is 8.96 Å². The minimum absolute atomic E-state index is 0.00866. The van der Waals surface area contributed by atoms with E-state index in [1.165, 1.54) is 18.3 Å². The molecule has 1 aromatic carbocycles. The molecule has 0 unspecified atom stereocenters. The van der Waals surface area contributed by atoms with Crippen molar-refractivity contribution in [3.05, 3.63) is 43.0 Å². The second-order valence-corrected chi connectivity index (χ2v) is 4.32. The monoisotopic (exact) mass is 323 g/mol. The molecule has 1 N–H and O–H groups in total. The highest BCUT2D eigenvalue weighted by atomic mass is 127. The maximum atomic E-state index is 13.4. The number of aromatic nitrogens is 1. The Labute approximate surface area is 97.2 Å². The highest BCUT2D eigenvalue weighted by Crippen LogP contribution is 2.21. The van der Waals surface area contributed by atoms with Gasteiger partial charge in [0.1, 0.15) is 0 Å². The van der Waals surface area contributed by atoms with Crippen LogP contribution in [0.15, 0.2) is 23.1 Å². The number of H-pyrrole nitrogens is 1. The van der Waals surface area contributed by atoms with E-state index in [0.717, 1.165) is 0 Å². The van der Waals surface area contributed by atoms with E-state index in [4.69, 9.17) is 11.6 Å². The standard InChI is InChI=1S/C9H4ClFINO/c10-5-2-1-4-8(7(5)11)13-3-6(12)9(4)14/h1-3H,(H,13,14). The molecule has 0 spiro atoms. The molecule has 0 aliphatic rings. The molecule has 0 bridgehead atoms. The van der Waals surface area contributed by atoms with Gasteiger partial charge in [0, 0.05) is 11.6 Å². The topological polar surface area (TPSA) is 32.9 Å². The Balaban J connectivity index is 3.02. The van der Waals surface area contributed by atoms with Crippen LogP contribution in [-0.2, 0) is 0 Å². The van der Waals surface area contributed by atoms with Crippen molar-refractivity contribution in [1.29, 1.82) is 0 Å². The zero-order chi connectivity index (χ0) is 10.3. The Hall–Kier alpha value is -0.620. The molecule has 1 heterocycles. The van der Waals surface area contributed by atoms with E-state index in [1.807, 2.05) is 22.6 Å². The fraction of sp³-hybridized carbons (Fsp3) is 0. The van der Waals surface area contributed by atoms with E-state index in [1.54, 1.807) is 0 Å². The predicted octanol–water partition coefficient (Wildman–Crippen LogP) is 2.93. The van der Waals surface area contributed by atoms with Gasteiger partial charge in [0.25, 0.3) is 0 Å². The molecule has 0 fully saturated rings. The number of nitrogens with one attached hydrogen (secondary N) is 1. The summed E-state index contributed by atoms with van der Waals surface area (Å²) < 4.78 is 13.9. The fourth-order valence-corrected chi connectivity index (χ4v) is 1.81. The third-order valence-corrected chi connectivity index (χ3v) is 2.99. The molecular weight excluding hydrogens is 319 g/mol. The van der Waals surface area contributed by atoms with Crippen LogP contribution in [0, 0.1) is 9.39 Å². The summed E-state index contributed by atoms with van der Waals surface area (Å²) in [6.07, 6.45) is 1.46. The zero-order valence-electron chi connectivity index (χ0n) is 6.77. The van der Waals surface area contributed by atoms with Gasteiger partial charge in [0.2, 0.25) is 5.43 Å². The third kappa shape index (κ3) is 1.42. The molecule has 72 valence electrons. The van der Waals surface area contributed by atoms with Gasteiger partial charge in [-0.2, -0.15) is 0 Å². The number of fused-ring (bicyclic) bond motifs is 1. The van der Waals surface area contributed by atoms with Crippen molar-refractivity contribution in [2.45, 2.75) is 0 Å². The zero-order valence-corrected chi connectivity index (χ0v) is 9.69. The smallest absolute Gasteiger partial charge is 0.202 e. The van der Waals surface area contributed by atoms with Gasteiger partial charge in [-0.05, 0) is 34.7 Å². The maximum Gasteiger partial charge on any atom is 0.202 e. The Morgan fingerprint density at radius 2 is 2.14 bits per heavy atom. The Morgan fingerprint density at radius 3 is 2.86 bits per heavy atom. The lowest BCUT2D eigenvalue weighted by Crippen LogP contribution is -2.07. The second-order valence-electron chi connectivity index (χ2n) is 2.75. The number of rotatable bonds is 0. The SMILES string of the molecule is O=c1c(I)c[nH]c2c(F)c(Cl)ccc12. The first-order chi connectivity index (χ1) is 6.61. The lowest BCUT2D eigenvalue weighted by molar-refractivity contribution is 0.637. The van der Waals surface area contributed by atoms with Crippen LogP contribution in [0.5, 0.6) is 0 Å². The van der Waals surface area contributed by atoms with Gasteiger partial charge in [0.15, 0.2) is 5.82 Å². The number of hydrogen-bond acceptors (Lipinski definition) is 1. The second kappa shape index (κ2) is 3.51. The summed E-state index contributed by atoms with van der Waals surface area (Å²) >= 11 is 7.47. The quantitative estimate of drug-likeness (QED) is 0.743. The summed E-state index contributed by atoms with van der Waals surface area (Å²) in [5.41, 5.74) is -0.0298. The Bertz CT molecular complexity index is 566.